The second-order valence-corrected chi connectivity index (χ2v) is 8.33. The van der Waals surface area contributed by atoms with Crippen LogP contribution in [0, 0.1) is 17.3 Å². The number of allylic oxidation sites excluding steroid dienone is 2. The van der Waals surface area contributed by atoms with Crippen LogP contribution in [-0.2, 0) is 9.59 Å². The molecular weight excluding hydrogens is 356 g/mol. The van der Waals surface area contributed by atoms with E-state index in [1.807, 2.05) is 20.8 Å². The number of fused-ring (bicyclic) bond motifs is 1. The molecule has 0 aromatic heterocycles. The van der Waals surface area contributed by atoms with Crippen LogP contribution in [0.5, 0.6) is 11.5 Å². The van der Waals surface area contributed by atoms with Crippen molar-refractivity contribution < 1.29 is 19.1 Å². The van der Waals surface area contributed by atoms with Crippen molar-refractivity contribution in [2.24, 2.45) is 17.3 Å². The number of hydrogen-bond acceptors (Lipinski definition) is 4. The minimum absolute atomic E-state index is 0.0396. The maximum atomic E-state index is 13.0. The van der Waals surface area contributed by atoms with Gasteiger partial charge in [0.25, 0.3) is 0 Å². The molecule has 1 fully saturated rings. The molecule has 6 nitrogen and oxygen atoms in total. The molecule has 3 rings (SSSR count). The summed E-state index contributed by atoms with van der Waals surface area (Å²) in [5.74, 6) is 1.30. The number of rotatable bonds is 6. The number of carbonyl (C=O) groups is 2. The van der Waals surface area contributed by atoms with Gasteiger partial charge in [-0.2, -0.15) is 0 Å². The minimum Gasteiger partial charge on any atom is -0.486 e. The molecule has 1 saturated carbocycles. The van der Waals surface area contributed by atoms with Gasteiger partial charge in [-0.25, -0.2) is 0 Å². The summed E-state index contributed by atoms with van der Waals surface area (Å²) >= 11 is 0. The van der Waals surface area contributed by atoms with Crippen molar-refractivity contribution in [2.75, 3.05) is 31.6 Å². The lowest BCUT2D eigenvalue weighted by Crippen LogP contribution is -2.39. The number of nitrogens with one attached hydrogen (secondary N) is 1. The van der Waals surface area contributed by atoms with Gasteiger partial charge >= 0.3 is 0 Å². The first-order valence-corrected chi connectivity index (χ1v) is 9.87. The average molecular weight is 386 g/mol. The Morgan fingerprint density at radius 1 is 1.21 bits per heavy atom. The Hall–Kier alpha value is -2.50. The Morgan fingerprint density at radius 2 is 1.89 bits per heavy atom. The Bertz CT molecular complexity index is 796. The molecule has 0 bridgehead atoms. The fourth-order valence-corrected chi connectivity index (χ4v) is 3.86. The molecule has 2 atom stereocenters. The second-order valence-electron chi connectivity index (χ2n) is 8.33. The van der Waals surface area contributed by atoms with Gasteiger partial charge in [-0.1, -0.05) is 25.5 Å². The second kappa shape index (κ2) is 7.86. The molecule has 0 spiro atoms. The molecule has 2 aliphatic rings. The molecule has 1 aliphatic carbocycles. The maximum absolute atomic E-state index is 13.0. The summed E-state index contributed by atoms with van der Waals surface area (Å²) in [6.07, 6.45) is 2.17. The van der Waals surface area contributed by atoms with E-state index in [0.29, 0.717) is 36.9 Å². The van der Waals surface area contributed by atoms with Crippen molar-refractivity contribution in [1.82, 2.24) is 4.90 Å². The van der Waals surface area contributed by atoms with Gasteiger partial charge in [0.05, 0.1) is 12.5 Å². The van der Waals surface area contributed by atoms with Crippen LogP contribution in [0.4, 0.5) is 5.69 Å². The zero-order valence-corrected chi connectivity index (χ0v) is 17.4. The summed E-state index contributed by atoms with van der Waals surface area (Å²) in [6.45, 7) is 11.8. The Kier molecular flexibility index (Phi) is 5.68. The molecule has 1 aliphatic heterocycles. The lowest BCUT2D eigenvalue weighted by Gasteiger charge is -2.22. The van der Waals surface area contributed by atoms with Gasteiger partial charge in [0.1, 0.15) is 13.2 Å². The summed E-state index contributed by atoms with van der Waals surface area (Å²) in [7, 11) is 0. The highest BCUT2D eigenvalue weighted by Crippen LogP contribution is 2.60. The lowest BCUT2D eigenvalue weighted by molar-refractivity contribution is -0.136. The highest BCUT2D eigenvalue weighted by molar-refractivity contribution is 5.95. The van der Waals surface area contributed by atoms with Crippen molar-refractivity contribution in [3.63, 3.8) is 0 Å². The molecule has 6 heteroatoms. The van der Waals surface area contributed by atoms with E-state index >= 15 is 0 Å². The third-order valence-corrected chi connectivity index (χ3v) is 5.54. The summed E-state index contributed by atoms with van der Waals surface area (Å²) in [6, 6.07) is 5.31. The number of ether oxygens (including phenoxy) is 2. The van der Waals surface area contributed by atoms with Crippen molar-refractivity contribution >= 4 is 17.5 Å². The first-order valence-electron chi connectivity index (χ1n) is 9.87. The molecule has 2 unspecified atom stereocenters. The molecule has 0 radical (unpaired) electrons. The monoisotopic (exact) mass is 386 g/mol. The molecule has 1 aromatic carbocycles. The first-order chi connectivity index (χ1) is 13.2. The smallest absolute Gasteiger partial charge is 0.243 e. The number of benzene rings is 1. The van der Waals surface area contributed by atoms with Crippen molar-refractivity contribution in [2.45, 2.75) is 34.6 Å². The topological polar surface area (TPSA) is 67.9 Å². The zero-order chi connectivity index (χ0) is 20.5. The quantitative estimate of drug-likeness (QED) is 0.760. The fraction of sp³-hybridized carbons (Fsp3) is 0.545. The van der Waals surface area contributed by atoms with E-state index in [4.69, 9.17) is 9.47 Å². The van der Waals surface area contributed by atoms with Crippen LogP contribution in [-0.4, -0.2) is 43.0 Å². The highest BCUT2D eigenvalue weighted by atomic mass is 16.6. The Labute approximate surface area is 166 Å². The van der Waals surface area contributed by atoms with Crippen LogP contribution < -0.4 is 14.8 Å². The largest absolute Gasteiger partial charge is 0.486 e. The van der Waals surface area contributed by atoms with E-state index in [-0.39, 0.29) is 35.6 Å². The van der Waals surface area contributed by atoms with Crippen LogP contribution >= 0.6 is 0 Å². The molecule has 28 heavy (non-hydrogen) atoms. The average Bonchev–Trinajstić information content (AvgIpc) is 3.18. The molecule has 0 saturated heterocycles. The van der Waals surface area contributed by atoms with E-state index in [2.05, 4.69) is 25.2 Å². The van der Waals surface area contributed by atoms with Crippen LogP contribution in [0.25, 0.3) is 0 Å². The molecule has 2 amide bonds. The number of carbonyl (C=O) groups excluding carboxylic acids is 2. The van der Waals surface area contributed by atoms with E-state index in [1.165, 1.54) is 5.57 Å². The predicted molar refractivity (Wildman–Crippen MR) is 109 cm³/mol. The van der Waals surface area contributed by atoms with Crippen LogP contribution in [0.3, 0.4) is 0 Å². The van der Waals surface area contributed by atoms with Gasteiger partial charge < -0.3 is 19.7 Å². The number of anilines is 1. The number of likely N-dealkylation sites (N-methyl/N-ethyl adjacent to an activating group) is 1. The fourth-order valence-electron chi connectivity index (χ4n) is 3.86. The Morgan fingerprint density at radius 3 is 2.54 bits per heavy atom. The van der Waals surface area contributed by atoms with E-state index in [9.17, 15) is 9.59 Å². The molecule has 1 aromatic rings. The summed E-state index contributed by atoms with van der Waals surface area (Å²) < 4.78 is 11.0. The van der Waals surface area contributed by atoms with Crippen LogP contribution in [0.1, 0.15) is 34.6 Å². The van der Waals surface area contributed by atoms with Gasteiger partial charge in [0.15, 0.2) is 11.5 Å². The van der Waals surface area contributed by atoms with Gasteiger partial charge in [0, 0.05) is 18.3 Å². The van der Waals surface area contributed by atoms with E-state index < -0.39 is 0 Å². The molecular formula is C22H30N2O4. The van der Waals surface area contributed by atoms with Gasteiger partial charge in [-0.15, -0.1) is 0 Å². The number of amides is 2. The Balaban J connectivity index is 1.62. The SMILES string of the molecule is CCN(CC(=O)Nc1ccc2c(c1)OCCO2)C(=O)C1C(C=C(C)C)C1(C)C. The van der Waals surface area contributed by atoms with Gasteiger partial charge in [-0.3, -0.25) is 9.59 Å². The van der Waals surface area contributed by atoms with Gasteiger partial charge in [0.2, 0.25) is 11.8 Å². The van der Waals surface area contributed by atoms with E-state index in [0.717, 1.165) is 0 Å². The standard InChI is InChI=1S/C22H30N2O4/c1-6-24(21(26)20-16(11-14(2)3)22(20,4)5)13-19(25)23-15-7-8-17-18(12-15)28-10-9-27-17/h7-8,11-12,16,20H,6,9-10,13H2,1-5H3,(H,23,25). The zero-order valence-electron chi connectivity index (χ0n) is 17.4. The summed E-state index contributed by atoms with van der Waals surface area (Å²) in [4.78, 5) is 27.2. The van der Waals surface area contributed by atoms with E-state index in [1.54, 1.807) is 23.1 Å². The normalized spacial score (nSPS) is 21.5. The number of nitrogens with zero attached hydrogens (tertiary/aromatic N) is 1. The minimum atomic E-state index is -0.218. The van der Waals surface area contributed by atoms with Crippen molar-refractivity contribution in [3.8, 4) is 11.5 Å². The first kappa shape index (κ1) is 20.2. The predicted octanol–water partition coefficient (Wildman–Crippen LogP) is 3.48. The molecule has 152 valence electrons. The molecule has 1 N–H and O–H groups in total. The molecule has 1 heterocycles. The summed E-state index contributed by atoms with van der Waals surface area (Å²) in [5, 5.41) is 2.85. The van der Waals surface area contributed by atoms with Crippen LogP contribution in [0.15, 0.2) is 29.8 Å². The third-order valence-electron chi connectivity index (χ3n) is 5.54. The maximum Gasteiger partial charge on any atom is 0.243 e. The van der Waals surface area contributed by atoms with Crippen LogP contribution in [0.2, 0.25) is 0 Å². The van der Waals surface area contributed by atoms with Gasteiger partial charge in [-0.05, 0) is 44.2 Å². The third kappa shape index (κ3) is 4.16. The lowest BCUT2D eigenvalue weighted by atomic mass is 10.1. The highest BCUT2D eigenvalue weighted by Gasteiger charge is 2.61. The number of hydrogen-bond donors (Lipinski definition) is 1. The van der Waals surface area contributed by atoms with Crippen molar-refractivity contribution in [3.05, 3.63) is 29.8 Å². The van der Waals surface area contributed by atoms with Crippen molar-refractivity contribution in [1.29, 1.82) is 0 Å². The summed E-state index contributed by atoms with van der Waals surface area (Å²) in [5.41, 5.74) is 1.79.